The monoisotopic (exact) mass is 594 g/mol. The predicted octanol–water partition coefficient (Wildman–Crippen LogP) is 7.19. The summed E-state index contributed by atoms with van der Waals surface area (Å²) >= 11 is 9.50. The van der Waals surface area contributed by atoms with Crippen molar-refractivity contribution >= 4 is 61.3 Å². The van der Waals surface area contributed by atoms with Gasteiger partial charge in [-0.25, -0.2) is 4.98 Å². The highest BCUT2D eigenvalue weighted by atomic mass is 79.9. The topological polar surface area (TPSA) is 113 Å². The Kier molecular flexibility index (Phi) is 7.00. The number of hydrogen-bond donors (Lipinski definition) is 0. The second kappa shape index (κ2) is 10.4. The van der Waals surface area contributed by atoms with Crippen molar-refractivity contribution in [3.63, 3.8) is 0 Å². The summed E-state index contributed by atoms with van der Waals surface area (Å²) in [5.41, 5.74) is 0.772. The first-order chi connectivity index (χ1) is 18.2. The van der Waals surface area contributed by atoms with Gasteiger partial charge in [0, 0.05) is 22.0 Å². The number of halogens is 2. The Labute approximate surface area is 229 Å². The molecule has 0 radical (unpaired) electrons. The number of aromatic nitrogens is 2. The van der Waals surface area contributed by atoms with Crippen LogP contribution in [0.3, 0.4) is 0 Å². The molecule has 0 aliphatic carbocycles. The SMILES string of the molecule is CC[C@H](C)Oc1c(Br)cc(C=Nn2c(-c3cc4cc(Cl)ccc4o3)nc3ccccc3c2=O)cc1[N+](=O)[O-]. The van der Waals surface area contributed by atoms with Crippen LogP contribution in [0, 0.1) is 10.1 Å². The number of nitrogens with zero attached hydrogens (tertiary/aromatic N) is 4. The third-order valence-electron chi connectivity index (χ3n) is 5.91. The minimum atomic E-state index is -0.519. The molecule has 0 aliphatic heterocycles. The van der Waals surface area contributed by atoms with E-state index < -0.39 is 10.5 Å². The zero-order chi connectivity index (χ0) is 27.0. The highest BCUT2D eigenvalue weighted by Gasteiger charge is 2.22. The van der Waals surface area contributed by atoms with Crippen LogP contribution >= 0.6 is 27.5 Å². The van der Waals surface area contributed by atoms with Gasteiger partial charge in [-0.05, 0) is 71.7 Å². The Morgan fingerprint density at radius 1 is 1.24 bits per heavy atom. The van der Waals surface area contributed by atoms with Crippen molar-refractivity contribution in [1.82, 2.24) is 9.66 Å². The average molecular weight is 596 g/mol. The number of nitro groups is 1. The Hall–Kier alpha value is -4.02. The van der Waals surface area contributed by atoms with Crippen LogP contribution in [0.5, 0.6) is 5.75 Å². The molecular weight excluding hydrogens is 576 g/mol. The lowest BCUT2D eigenvalue weighted by Gasteiger charge is -2.14. The quantitative estimate of drug-likeness (QED) is 0.112. The van der Waals surface area contributed by atoms with Gasteiger partial charge in [0.2, 0.25) is 11.6 Å². The molecule has 38 heavy (non-hydrogen) atoms. The minimum absolute atomic E-state index is 0.132. The fourth-order valence-corrected chi connectivity index (χ4v) is 4.59. The first-order valence-electron chi connectivity index (χ1n) is 11.7. The van der Waals surface area contributed by atoms with E-state index in [2.05, 4.69) is 26.0 Å². The van der Waals surface area contributed by atoms with Crippen molar-refractivity contribution in [2.75, 3.05) is 0 Å². The zero-order valence-electron chi connectivity index (χ0n) is 20.2. The van der Waals surface area contributed by atoms with Gasteiger partial charge in [0.25, 0.3) is 5.56 Å². The van der Waals surface area contributed by atoms with Crippen LogP contribution in [-0.2, 0) is 0 Å². The lowest BCUT2D eigenvalue weighted by Crippen LogP contribution is -2.20. The Balaban J connectivity index is 1.66. The summed E-state index contributed by atoms with van der Waals surface area (Å²) < 4.78 is 13.2. The first-order valence-corrected chi connectivity index (χ1v) is 12.8. The number of ether oxygens (including phenoxy) is 1. The van der Waals surface area contributed by atoms with Gasteiger partial charge in [-0.3, -0.25) is 14.9 Å². The lowest BCUT2D eigenvalue weighted by molar-refractivity contribution is -0.386. The van der Waals surface area contributed by atoms with Gasteiger partial charge in [-0.2, -0.15) is 9.78 Å². The fourth-order valence-electron chi connectivity index (χ4n) is 3.85. The van der Waals surface area contributed by atoms with E-state index in [4.69, 9.17) is 20.8 Å². The van der Waals surface area contributed by atoms with Crippen molar-refractivity contribution in [1.29, 1.82) is 0 Å². The molecule has 0 unspecified atom stereocenters. The molecule has 2 heterocycles. The molecule has 0 aliphatic rings. The molecule has 1 atom stereocenters. The average Bonchev–Trinajstić information content (AvgIpc) is 3.32. The van der Waals surface area contributed by atoms with E-state index in [1.807, 2.05) is 13.8 Å². The number of rotatable bonds is 7. The van der Waals surface area contributed by atoms with Crippen molar-refractivity contribution < 1.29 is 14.1 Å². The van der Waals surface area contributed by atoms with Gasteiger partial charge in [-0.15, -0.1) is 0 Å². The van der Waals surface area contributed by atoms with Crippen molar-refractivity contribution in [2.45, 2.75) is 26.4 Å². The lowest BCUT2D eigenvalue weighted by atomic mass is 10.2. The van der Waals surface area contributed by atoms with Gasteiger partial charge in [0.1, 0.15) is 5.58 Å². The van der Waals surface area contributed by atoms with Crippen LogP contribution < -0.4 is 10.3 Å². The minimum Gasteiger partial charge on any atom is -0.483 e. The molecule has 0 saturated heterocycles. The van der Waals surface area contributed by atoms with Crippen LogP contribution in [0.4, 0.5) is 5.69 Å². The molecule has 0 saturated carbocycles. The van der Waals surface area contributed by atoms with Gasteiger partial charge in [-0.1, -0.05) is 30.7 Å². The number of benzene rings is 3. The van der Waals surface area contributed by atoms with Crippen molar-refractivity contribution in [3.8, 4) is 17.3 Å². The van der Waals surface area contributed by atoms with E-state index >= 15 is 0 Å². The molecule has 5 rings (SSSR count). The standard InChI is InChI=1S/C27H20BrClN4O5/c1-3-15(2)37-25-20(28)10-16(11-22(25)33(35)36)14-30-32-26(31-21-7-5-4-6-19(21)27(32)34)24-13-17-12-18(29)8-9-23(17)38-24/h4-15H,3H2,1-2H3/t15-/m0/s1. The van der Waals surface area contributed by atoms with Crippen molar-refractivity contribution in [3.05, 3.63) is 96.2 Å². The van der Waals surface area contributed by atoms with Crippen LogP contribution in [0.1, 0.15) is 25.8 Å². The highest BCUT2D eigenvalue weighted by Crippen LogP contribution is 2.37. The van der Waals surface area contributed by atoms with E-state index in [-0.39, 0.29) is 23.4 Å². The second-order valence-corrected chi connectivity index (χ2v) is 9.84. The number of hydrogen-bond acceptors (Lipinski definition) is 7. The number of nitro benzene ring substituents is 1. The largest absolute Gasteiger partial charge is 0.483 e. The predicted molar refractivity (Wildman–Crippen MR) is 150 cm³/mol. The molecule has 5 aromatic rings. The molecule has 2 aromatic heterocycles. The second-order valence-electron chi connectivity index (χ2n) is 8.55. The zero-order valence-corrected chi connectivity index (χ0v) is 22.6. The maximum atomic E-state index is 13.5. The van der Waals surface area contributed by atoms with Crippen LogP contribution in [0.2, 0.25) is 5.02 Å². The highest BCUT2D eigenvalue weighted by molar-refractivity contribution is 9.10. The third kappa shape index (κ3) is 4.92. The molecule has 3 aromatic carbocycles. The molecule has 11 heteroatoms. The van der Waals surface area contributed by atoms with Crippen LogP contribution in [0.25, 0.3) is 33.5 Å². The Morgan fingerprint density at radius 3 is 2.79 bits per heavy atom. The summed E-state index contributed by atoms with van der Waals surface area (Å²) in [5.74, 6) is 0.613. The Bertz CT molecular complexity index is 1800. The summed E-state index contributed by atoms with van der Waals surface area (Å²) in [5, 5.41) is 17.8. The van der Waals surface area contributed by atoms with Gasteiger partial charge in [0.15, 0.2) is 5.76 Å². The fraction of sp³-hybridized carbons (Fsp3) is 0.148. The molecule has 192 valence electrons. The van der Waals surface area contributed by atoms with Gasteiger partial charge >= 0.3 is 5.69 Å². The van der Waals surface area contributed by atoms with E-state index in [1.165, 1.54) is 12.3 Å². The van der Waals surface area contributed by atoms with Gasteiger partial charge in [0.05, 0.1) is 32.6 Å². The van der Waals surface area contributed by atoms with Gasteiger partial charge < -0.3 is 9.15 Å². The van der Waals surface area contributed by atoms with Crippen LogP contribution in [-0.4, -0.2) is 26.9 Å². The molecule has 0 N–H and O–H groups in total. The first kappa shape index (κ1) is 25.6. The van der Waals surface area contributed by atoms with E-state index in [9.17, 15) is 14.9 Å². The van der Waals surface area contributed by atoms with E-state index in [0.29, 0.717) is 43.7 Å². The summed E-state index contributed by atoms with van der Waals surface area (Å²) in [7, 11) is 0. The molecule has 0 bridgehead atoms. The Morgan fingerprint density at radius 2 is 2.03 bits per heavy atom. The van der Waals surface area contributed by atoms with E-state index in [1.54, 1.807) is 54.6 Å². The summed E-state index contributed by atoms with van der Waals surface area (Å²) in [4.78, 5) is 29.4. The third-order valence-corrected chi connectivity index (χ3v) is 6.74. The summed E-state index contributed by atoms with van der Waals surface area (Å²) in [6.07, 6.45) is 1.82. The maximum Gasteiger partial charge on any atom is 0.312 e. The molecular formula is C27H20BrClN4O5. The summed E-state index contributed by atoms with van der Waals surface area (Å²) in [6.45, 7) is 3.76. The molecule has 0 spiro atoms. The normalized spacial score (nSPS) is 12.4. The maximum absolute atomic E-state index is 13.5. The van der Waals surface area contributed by atoms with E-state index in [0.717, 1.165) is 10.1 Å². The smallest absolute Gasteiger partial charge is 0.312 e. The molecule has 0 amide bonds. The number of fused-ring (bicyclic) bond motifs is 2. The van der Waals surface area contributed by atoms with Crippen LogP contribution in [0.15, 0.2) is 79.4 Å². The van der Waals surface area contributed by atoms with Crippen molar-refractivity contribution in [2.24, 2.45) is 5.10 Å². The number of furan rings is 1. The molecule has 9 nitrogen and oxygen atoms in total. The summed E-state index contributed by atoms with van der Waals surface area (Å²) in [6, 6.07) is 16.8. The number of para-hydroxylation sites is 1. The molecule has 0 fully saturated rings.